The van der Waals surface area contributed by atoms with Gasteiger partial charge in [0.2, 0.25) is 0 Å². The van der Waals surface area contributed by atoms with Gasteiger partial charge in [0, 0.05) is 0 Å². The molecule has 1 unspecified atom stereocenters. The highest BCUT2D eigenvalue weighted by Gasteiger charge is 2.22. The summed E-state index contributed by atoms with van der Waals surface area (Å²) in [5, 5.41) is 12.9. The third-order valence-corrected chi connectivity index (χ3v) is 4.06. The van der Waals surface area contributed by atoms with Gasteiger partial charge in [0.1, 0.15) is 4.88 Å². The van der Waals surface area contributed by atoms with Crippen LogP contribution in [0, 0.1) is 0 Å². The number of anilines is 1. The van der Waals surface area contributed by atoms with Gasteiger partial charge in [-0.25, -0.2) is 9.78 Å². The van der Waals surface area contributed by atoms with Gasteiger partial charge in [0.05, 0.1) is 12.2 Å². The van der Waals surface area contributed by atoms with Gasteiger partial charge in [-0.1, -0.05) is 35.6 Å². The quantitative estimate of drug-likeness (QED) is 0.890. The predicted molar refractivity (Wildman–Crippen MR) is 70.2 cm³/mol. The monoisotopic (exact) mass is 260 g/mol. The number of carbonyl (C=O) groups is 1. The molecule has 1 heterocycles. The number of carboxylic acid groups (broad SMARTS) is 1. The maximum atomic E-state index is 10.8. The second-order valence-electron chi connectivity index (χ2n) is 4.27. The molecule has 0 amide bonds. The zero-order valence-electron chi connectivity index (χ0n) is 9.59. The van der Waals surface area contributed by atoms with E-state index in [9.17, 15) is 4.79 Å². The Labute approximate surface area is 108 Å². The summed E-state index contributed by atoms with van der Waals surface area (Å²) < 4.78 is 0. The average Bonchev–Trinajstić information content (AvgIpc) is 2.98. The summed E-state index contributed by atoms with van der Waals surface area (Å²) in [5.41, 5.74) is 2.66. The minimum Gasteiger partial charge on any atom is -0.477 e. The lowest BCUT2D eigenvalue weighted by molar-refractivity contribution is 0.0702. The number of nitrogens with zero attached hydrogens (tertiary/aromatic N) is 1. The number of benzene rings is 1. The van der Waals surface area contributed by atoms with Gasteiger partial charge >= 0.3 is 5.97 Å². The molecule has 0 spiro atoms. The zero-order chi connectivity index (χ0) is 12.5. The standard InChI is InChI=1S/C13H12N2O2S/c16-12(17)11-7-14-13(18-11)15-10-6-5-8-3-1-2-4-9(8)10/h1-4,7,10H,5-6H2,(H,14,15)(H,16,17). The maximum Gasteiger partial charge on any atom is 0.347 e. The first kappa shape index (κ1) is 11.2. The van der Waals surface area contributed by atoms with Crippen molar-refractivity contribution in [1.82, 2.24) is 4.98 Å². The van der Waals surface area contributed by atoms with Gasteiger partial charge in [0.15, 0.2) is 5.13 Å². The molecule has 0 bridgehead atoms. The van der Waals surface area contributed by atoms with Crippen LogP contribution in [-0.4, -0.2) is 16.1 Å². The summed E-state index contributed by atoms with van der Waals surface area (Å²) in [5.74, 6) is -0.924. The molecule has 2 aromatic rings. The lowest BCUT2D eigenvalue weighted by Gasteiger charge is -2.12. The van der Waals surface area contributed by atoms with E-state index in [1.54, 1.807) is 0 Å². The molecule has 92 valence electrons. The van der Waals surface area contributed by atoms with Gasteiger partial charge in [0.25, 0.3) is 0 Å². The number of hydrogen-bond donors (Lipinski definition) is 2. The summed E-state index contributed by atoms with van der Waals surface area (Å²) in [6.07, 6.45) is 3.49. The Kier molecular flexibility index (Phi) is 2.76. The number of nitrogens with one attached hydrogen (secondary N) is 1. The van der Waals surface area contributed by atoms with Crippen LogP contribution in [0.1, 0.15) is 33.3 Å². The van der Waals surface area contributed by atoms with Crippen molar-refractivity contribution >= 4 is 22.4 Å². The molecule has 1 aromatic carbocycles. The minimum absolute atomic E-state index is 0.244. The molecule has 0 aliphatic heterocycles. The highest BCUT2D eigenvalue weighted by atomic mass is 32.1. The molecule has 0 radical (unpaired) electrons. The Morgan fingerprint density at radius 1 is 1.44 bits per heavy atom. The molecule has 5 heteroatoms. The summed E-state index contributed by atoms with van der Waals surface area (Å²) in [7, 11) is 0. The van der Waals surface area contributed by atoms with Gasteiger partial charge < -0.3 is 10.4 Å². The molecule has 18 heavy (non-hydrogen) atoms. The van der Waals surface area contributed by atoms with E-state index in [1.807, 2.05) is 12.1 Å². The number of hydrogen-bond acceptors (Lipinski definition) is 4. The Morgan fingerprint density at radius 2 is 2.28 bits per heavy atom. The molecule has 1 aliphatic carbocycles. The third kappa shape index (κ3) is 1.97. The van der Waals surface area contributed by atoms with E-state index in [4.69, 9.17) is 5.11 Å². The molecule has 0 fully saturated rings. The average molecular weight is 260 g/mol. The van der Waals surface area contributed by atoms with E-state index in [-0.39, 0.29) is 10.9 Å². The van der Waals surface area contributed by atoms with Gasteiger partial charge in [-0.15, -0.1) is 0 Å². The van der Waals surface area contributed by atoms with E-state index in [0.717, 1.165) is 12.8 Å². The first-order valence-corrected chi connectivity index (χ1v) is 6.59. The second kappa shape index (κ2) is 4.42. The van der Waals surface area contributed by atoms with Crippen LogP contribution in [0.25, 0.3) is 0 Å². The molecule has 1 aromatic heterocycles. The van der Waals surface area contributed by atoms with E-state index in [2.05, 4.69) is 22.4 Å². The van der Waals surface area contributed by atoms with Crippen LogP contribution in [0.5, 0.6) is 0 Å². The molecule has 1 atom stereocenters. The van der Waals surface area contributed by atoms with Crippen LogP contribution in [0.2, 0.25) is 0 Å². The van der Waals surface area contributed by atoms with Crippen molar-refractivity contribution < 1.29 is 9.90 Å². The molecule has 0 saturated heterocycles. The minimum atomic E-state index is -0.924. The highest BCUT2D eigenvalue weighted by molar-refractivity contribution is 7.17. The molecule has 2 N–H and O–H groups in total. The van der Waals surface area contributed by atoms with E-state index in [0.29, 0.717) is 5.13 Å². The van der Waals surface area contributed by atoms with Crippen molar-refractivity contribution in [3.63, 3.8) is 0 Å². The normalized spacial score (nSPS) is 17.4. The lowest BCUT2D eigenvalue weighted by Crippen LogP contribution is -2.06. The lowest BCUT2D eigenvalue weighted by atomic mass is 10.1. The predicted octanol–water partition coefficient (Wildman–Crippen LogP) is 2.94. The number of carboxylic acids is 1. The maximum absolute atomic E-state index is 10.8. The number of rotatable bonds is 3. The fourth-order valence-electron chi connectivity index (χ4n) is 2.30. The number of fused-ring (bicyclic) bond motifs is 1. The summed E-state index contributed by atoms with van der Waals surface area (Å²) >= 11 is 1.18. The first-order chi connectivity index (χ1) is 8.74. The van der Waals surface area contributed by atoms with E-state index < -0.39 is 5.97 Å². The van der Waals surface area contributed by atoms with Crippen molar-refractivity contribution in [1.29, 1.82) is 0 Å². The number of aromatic carboxylic acids is 1. The van der Waals surface area contributed by atoms with Gasteiger partial charge in [-0.05, 0) is 24.0 Å². The number of aromatic nitrogens is 1. The van der Waals surface area contributed by atoms with Crippen LogP contribution in [0.4, 0.5) is 5.13 Å². The Balaban J connectivity index is 1.80. The smallest absolute Gasteiger partial charge is 0.347 e. The topological polar surface area (TPSA) is 62.2 Å². The van der Waals surface area contributed by atoms with Gasteiger partial charge in [-0.2, -0.15) is 0 Å². The second-order valence-corrected chi connectivity index (χ2v) is 5.30. The SMILES string of the molecule is O=C(O)c1cnc(NC2CCc3ccccc32)s1. The van der Waals surface area contributed by atoms with Crippen molar-refractivity contribution in [3.8, 4) is 0 Å². The van der Waals surface area contributed by atoms with Crippen LogP contribution in [0.3, 0.4) is 0 Å². The molecule has 0 saturated carbocycles. The molecule has 1 aliphatic rings. The molecule has 4 nitrogen and oxygen atoms in total. The highest BCUT2D eigenvalue weighted by Crippen LogP contribution is 2.34. The summed E-state index contributed by atoms with van der Waals surface area (Å²) in [6.45, 7) is 0. The van der Waals surface area contributed by atoms with Gasteiger partial charge in [-0.3, -0.25) is 0 Å². The Bertz CT molecular complexity index is 594. The molecular formula is C13H12N2O2S. The van der Waals surface area contributed by atoms with Crippen LogP contribution in [0.15, 0.2) is 30.5 Å². The Morgan fingerprint density at radius 3 is 3.06 bits per heavy atom. The fourth-order valence-corrected chi connectivity index (χ4v) is 3.00. The third-order valence-electron chi connectivity index (χ3n) is 3.15. The summed E-state index contributed by atoms with van der Waals surface area (Å²) in [4.78, 5) is 15.2. The molecule has 3 rings (SSSR count). The van der Waals surface area contributed by atoms with Crippen LogP contribution < -0.4 is 5.32 Å². The van der Waals surface area contributed by atoms with Crippen molar-refractivity contribution in [2.24, 2.45) is 0 Å². The van der Waals surface area contributed by atoms with Crippen molar-refractivity contribution in [2.75, 3.05) is 5.32 Å². The first-order valence-electron chi connectivity index (χ1n) is 5.77. The van der Waals surface area contributed by atoms with E-state index in [1.165, 1.54) is 28.7 Å². The fraction of sp³-hybridized carbons (Fsp3) is 0.231. The summed E-state index contributed by atoms with van der Waals surface area (Å²) in [6, 6.07) is 8.58. The zero-order valence-corrected chi connectivity index (χ0v) is 10.4. The number of thiazole rings is 1. The van der Waals surface area contributed by atoms with E-state index >= 15 is 0 Å². The molecular weight excluding hydrogens is 248 g/mol. The Hall–Kier alpha value is -1.88. The van der Waals surface area contributed by atoms with Crippen molar-refractivity contribution in [3.05, 3.63) is 46.5 Å². The van der Waals surface area contributed by atoms with Crippen molar-refractivity contribution in [2.45, 2.75) is 18.9 Å². The largest absolute Gasteiger partial charge is 0.477 e. The van der Waals surface area contributed by atoms with Crippen LogP contribution in [-0.2, 0) is 6.42 Å². The van der Waals surface area contributed by atoms with Crippen LogP contribution >= 0.6 is 11.3 Å². The number of aryl methyl sites for hydroxylation is 1.